The first-order valence-electron chi connectivity index (χ1n) is 10.3. The highest BCUT2D eigenvalue weighted by atomic mass is 35.5. The molecule has 166 valence electrons. The molecule has 0 saturated heterocycles. The van der Waals surface area contributed by atoms with Crippen LogP contribution in [0.5, 0.6) is 0 Å². The molecule has 6 nitrogen and oxygen atoms in total. The van der Waals surface area contributed by atoms with Crippen LogP contribution in [0.2, 0.25) is 5.02 Å². The molecule has 1 aromatic heterocycles. The van der Waals surface area contributed by atoms with Crippen LogP contribution in [0.1, 0.15) is 35.1 Å². The molecule has 32 heavy (non-hydrogen) atoms. The number of rotatable bonds is 3. The van der Waals surface area contributed by atoms with Crippen molar-refractivity contribution in [1.29, 1.82) is 0 Å². The number of amides is 1. The number of fused-ring (bicyclic) bond motifs is 2. The van der Waals surface area contributed by atoms with E-state index in [1.807, 2.05) is 11.0 Å². The van der Waals surface area contributed by atoms with E-state index in [9.17, 15) is 18.7 Å². The number of carboxylic acid groups (broad SMARTS) is 1. The zero-order chi connectivity index (χ0) is 22.6. The summed E-state index contributed by atoms with van der Waals surface area (Å²) in [6.07, 6.45) is 1.30. The molecule has 0 bridgehead atoms. The van der Waals surface area contributed by atoms with Crippen LogP contribution in [-0.4, -0.2) is 32.4 Å². The zero-order valence-corrected chi connectivity index (χ0v) is 18.1. The Hall–Kier alpha value is -3.13. The number of carbonyl (C=O) groups is 1. The van der Waals surface area contributed by atoms with Crippen molar-refractivity contribution in [3.05, 3.63) is 63.9 Å². The lowest BCUT2D eigenvalue weighted by atomic mass is 9.92. The Labute approximate surface area is 188 Å². The quantitative estimate of drug-likeness (QED) is 0.542. The minimum Gasteiger partial charge on any atom is -0.465 e. The van der Waals surface area contributed by atoms with Gasteiger partial charge in [-0.2, -0.15) is 5.10 Å². The van der Waals surface area contributed by atoms with E-state index in [4.69, 9.17) is 11.6 Å². The molecule has 0 aliphatic carbocycles. The smallest absolute Gasteiger partial charge is 0.407 e. The van der Waals surface area contributed by atoms with Crippen molar-refractivity contribution in [1.82, 2.24) is 14.7 Å². The third-order valence-electron chi connectivity index (χ3n) is 6.18. The van der Waals surface area contributed by atoms with Crippen LogP contribution in [0.15, 0.2) is 36.7 Å². The number of nitrogens with zero attached hydrogens (tertiary/aromatic N) is 4. The second kappa shape index (κ2) is 7.78. The van der Waals surface area contributed by atoms with Crippen LogP contribution < -0.4 is 4.90 Å². The van der Waals surface area contributed by atoms with E-state index in [-0.39, 0.29) is 18.7 Å². The molecule has 0 spiro atoms. The third kappa shape index (κ3) is 3.48. The van der Waals surface area contributed by atoms with Gasteiger partial charge in [-0.25, -0.2) is 13.6 Å². The standard InChI is InChI=1S/C23H21ClF2N4O2/c1-28-10-15(9-27-28)17-6-13-3-2-4-30(20(13)8-18(17)22(25)26)21-7-16(24)5-14-11-29(23(31)32)12-19(14)21/h5-10,22H,2-4,11-12H2,1H3,(H,31,32). The van der Waals surface area contributed by atoms with Crippen LogP contribution >= 0.6 is 11.6 Å². The number of hydrogen-bond donors (Lipinski definition) is 1. The van der Waals surface area contributed by atoms with Crippen LogP contribution in [0.4, 0.5) is 25.0 Å². The average Bonchev–Trinajstić information content (AvgIpc) is 3.38. The van der Waals surface area contributed by atoms with Crippen LogP contribution in [0.3, 0.4) is 0 Å². The number of benzene rings is 2. The van der Waals surface area contributed by atoms with E-state index in [1.165, 1.54) is 4.90 Å². The van der Waals surface area contributed by atoms with E-state index >= 15 is 0 Å². The maximum absolute atomic E-state index is 14.1. The lowest BCUT2D eigenvalue weighted by Crippen LogP contribution is -2.27. The fraction of sp³-hybridized carbons (Fsp3) is 0.304. The summed E-state index contributed by atoms with van der Waals surface area (Å²) < 4.78 is 29.8. The topological polar surface area (TPSA) is 61.6 Å². The molecule has 2 aromatic carbocycles. The van der Waals surface area contributed by atoms with E-state index in [2.05, 4.69) is 5.10 Å². The normalized spacial score (nSPS) is 15.3. The molecule has 9 heteroatoms. The number of aromatic nitrogens is 2. The summed E-state index contributed by atoms with van der Waals surface area (Å²) in [6, 6.07) is 7.00. The molecule has 2 aliphatic heterocycles. The SMILES string of the molecule is Cn1cc(-c2cc3c(cc2C(F)F)N(c2cc(Cl)cc4c2CN(C(=O)O)C4)CCC3)cn1. The van der Waals surface area contributed by atoms with Gasteiger partial charge >= 0.3 is 6.09 Å². The fourth-order valence-corrected chi connectivity index (χ4v) is 4.95. The van der Waals surface area contributed by atoms with Gasteiger partial charge in [-0.3, -0.25) is 9.58 Å². The minimum absolute atomic E-state index is 0.0468. The largest absolute Gasteiger partial charge is 0.465 e. The predicted molar refractivity (Wildman–Crippen MR) is 118 cm³/mol. The average molecular weight is 459 g/mol. The van der Waals surface area contributed by atoms with Gasteiger partial charge in [0.25, 0.3) is 6.43 Å². The van der Waals surface area contributed by atoms with Crippen molar-refractivity contribution in [3.63, 3.8) is 0 Å². The summed E-state index contributed by atoms with van der Waals surface area (Å²) in [5, 5.41) is 14.1. The Morgan fingerprint density at radius 3 is 2.66 bits per heavy atom. The van der Waals surface area contributed by atoms with Gasteiger partial charge in [0.15, 0.2) is 0 Å². The second-order valence-corrected chi connectivity index (χ2v) is 8.66. The number of hydrogen-bond acceptors (Lipinski definition) is 3. The molecule has 2 aliphatic rings. The Bertz CT molecular complexity index is 1230. The van der Waals surface area contributed by atoms with Crippen molar-refractivity contribution in [2.24, 2.45) is 7.05 Å². The third-order valence-corrected chi connectivity index (χ3v) is 6.39. The molecular weight excluding hydrogens is 438 g/mol. The monoisotopic (exact) mass is 458 g/mol. The van der Waals surface area contributed by atoms with E-state index < -0.39 is 12.5 Å². The summed E-state index contributed by atoms with van der Waals surface area (Å²) in [5.41, 5.74) is 5.30. The van der Waals surface area contributed by atoms with Gasteiger partial charge in [0.2, 0.25) is 0 Å². The first-order chi connectivity index (χ1) is 15.3. The van der Waals surface area contributed by atoms with Gasteiger partial charge < -0.3 is 10.0 Å². The lowest BCUT2D eigenvalue weighted by Gasteiger charge is -2.34. The van der Waals surface area contributed by atoms with Gasteiger partial charge in [0.1, 0.15) is 0 Å². The van der Waals surface area contributed by atoms with Gasteiger partial charge in [0.05, 0.1) is 12.7 Å². The van der Waals surface area contributed by atoms with Gasteiger partial charge in [-0.05, 0) is 53.8 Å². The van der Waals surface area contributed by atoms with Gasteiger partial charge in [-0.1, -0.05) is 11.6 Å². The second-order valence-electron chi connectivity index (χ2n) is 8.23. The number of halogens is 3. The van der Waals surface area contributed by atoms with Crippen molar-refractivity contribution >= 4 is 29.1 Å². The summed E-state index contributed by atoms with van der Waals surface area (Å²) in [7, 11) is 1.76. The van der Waals surface area contributed by atoms with Crippen molar-refractivity contribution < 1.29 is 18.7 Å². The molecule has 1 amide bonds. The Morgan fingerprint density at radius 2 is 1.97 bits per heavy atom. The first-order valence-corrected chi connectivity index (χ1v) is 10.7. The van der Waals surface area contributed by atoms with E-state index in [0.29, 0.717) is 22.7 Å². The van der Waals surface area contributed by atoms with Crippen LogP contribution in [-0.2, 0) is 26.6 Å². The van der Waals surface area contributed by atoms with E-state index in [1.54, 1.807) is 42.3 Å². The molecule has 3 aromatic rings. The molecular formula is C23H21ClF2N4O2. The Morgan fingerprint density at radius 1 is 1.16 bits per heavy atom. The summed E-state index contributed by atoms with van der Waals surface area (Å²) in [6.45, 7) is 1.15. The van der Waals surface area contributed by atoms with Crippen LogP contribution in [0, 0.1) is 0 Å². The minimum atomic E-state index is -2.65. The number of aryl methyl sites for hydroxylation is 2. The van der Waals surface area contributed by atoms with Gasteiger partial charge in [0, 0.05) is 59.4 Å². The highest BCUT2D eigenvalue weighted by Gasteiger charge is 2.31. The maximum atomic E-state index is 14.1. The highest BCUT2D eigenvalue weighted by Crippen LogP contribution is 2.44. The van der Waals surface area contributed by atoms with Crippen LogP contribution in [0.25, 0.3) is 11.1 Å². The van der Waals surface area contributed by atoms with E-state index in [0.717, 1.165) is 40.9 Å². The maximum Gasteiger partial charge on any atom is 0.407 e. The molecule has 3 heterocycles. The highest BCUT2D eigenvalue weighted by molar-refractivity contribution is 6.31. The molecule has 0 fully saturated rings. The molecule has 0 saturated carbocycles. The molecule has 1 N–H and O–H groups in total. The fourth-order valence-electron chi connectivity index (χ4n) is 4.72. The molecule has 0 unspecified atom stereocenters. The van der Waals surface area contributed by atoms with Gasteiger partial charge in [-0.15, -0.1) is 0 Å². The molecule has 5 rings (SSSR count). The summed E-state index contributed by atoms with van der Waals surface area (Å²) in [5.74, 6) is 0. The number of alkyl halides is 2. The zero-order valence-electron chi connectivity index (χ0n) is 17.4. The summed E-state index contributed by atoms with van der Waals surface area (Å²) in [4.78, 5) is 14.9. The van der Waals surface area contributed by atoms with Crippen molar-refractivity contribution in [2.45, 2.75) is 32.4 Å². The molecule has 0 atom stereocenters. The van der Waals surface area contributed by atoms with Crippen molar-refractivity contribution in [3.8, 4) is 11.1 Å². The molecule has 0 radical (unpaired) electrons. The lowest BCUT2D eigenvalue weighted by molar-refractivity contribution is 0.145. The van der Waals surface area contributed by atoms with Crippen molar-refractivity contribution in [2.75, 3.05) is 11.4 Å². The Kier molecular flexibility index (Phi) is 5.04. The summed E-state index contributed by atoms with van der Waals surface area (Å²) >= 11 is 6.37. The first kappa shape index (κ1) is 20.8. The Balaban J connectivity index is 1.64. The predicted octanol–water partition coefficient (Wildman–Crippen LogP) is 5.76. The number of anilines is 2.